The Labute approximate surface area is 152 Å². The third-order valence-corrected chi connectivity index (χ3v) is 5.29. The summed E-state index contributed by atoms with van der Waals surface area (Å²) in [6.45, 7) is 0.416. The first-order valence-electron chi connectivity index (χ1n) is 7.97. The zero-order chi connectivity index (χ0) is 17.6. The molecule has 25 heavy (non-hydrogen) atoms. The van der Waals surface area contributed by atoms with Crippen LogP contribution in [0, 0.1) is 5.82 Å². The van der Waals surface area contributed by atoms with Crippen LogP contribution < -0.4 is 5.32 Å². The lowest BCUT2D eigenvalue weighted by Crippen LogP contribution is -2.46. The van der Waals surface area contributed by atoms with Crippen molar-refractivity contribution in [3.05, 3.63) is 58.1 Å². The second-order valence-corrected chi connectivity index (χ2v) is 7.45. The number of hydrogen-bond donors (Lipinski definition) is 1. The molecule has 7 heteroatoms. The third-order valence-electron chi connectivity index (χ3n) is 4.80. The van der Waals surface area contributed by atoms with E-state index in [0.29, 0.717) is 12.1 Å². The van der Waals surface area contributed by atoms with E-state index in [4.69, 9.17) is 0 Å². The minimum Gasteiger partial charge on any atom is -0.328 e. The van der Waals surface area contributed by atoms with Crippen LogP contribution in [0.2, 0.25) is 0 Å². The average molecular weight is 404 g/mol. The van der Waals surface area contributed by atoms with E-state index in [-0.39, 0.29) is 23.6 Å². The molecule has 128 valence electrons. The molecule has 1 N–H and O–H groups in total. The molecule has 2 aromatic rings. The maximum Gasteiger partial charge on any atom is 0.254 e. The van der Waals surface area contributed by atoms with E-state index in [1.807, 2.05) is 12.1 Å². The number of hydrogen-bond acceptors (Lipinski definition) is 3. The molecule has 2 aliphatic rings. The van der Waals surface area contributed by atoms with Crippen molar-refractivity contribution in [2.75, 3.05) is 18.4 Å². The van der Waals surface area contributed by atoms with Crippen LogP contribution in [0.1, 0.15) is 28.8 Å². The molecule has 0 unspecified atom stereocenters. The quantitative estimate of drug-likeness (QED) is 0.856. The topological polar surface area (TPSA) is 62.3 Å². The molecule has 1 aromatic carbocycles. The van der Waals surface area contributed by atoms with Crippen molar-refractivity contribution in [2.45, 2.75) is 18.3 Å². The van der Waals surface area contributed by atoms with Crippen molar-refractivity contribution < 1.29 is 14.0 Å². The highest BCUT2D eigenvalue weighted by molar-refractivity contribution is 9.10. The average Bonchev–Trinajstić information content (AvgIpc) is 3.35. The van der Waals surface area contributed by atoms with Gasteiger partial charge in [0.25, 0.3) is 5.91 Å². The Kier molecular flexibility index (Phi) is 3.83. The second kappa shape index (κ2) is 5.91. The molecule has 1 spiro atoms. The number of pyridine rings is 1. The summed E-state index contributed by atoms with van der Waals surface area (Å²) in [6.07, 6.45) is 4.44. The van der Waals surface area contributed by atoms with Gasteiger partial charge in [-0.15, -0.1) is 0 Å². The fraction of sp³-hybridized carbons (Fsp3) is 0.278. The van der Waals surface area contributed by atoms with Crippen LogP contribution >= 0.6 is 15.9 Å². The summed E-state index contributed by atoms with van der Waals surface area (Å²) in [5.41, 5.74) is 1.73. The van der Waals surface area contributed by atoms with E-state index in [2.05, 4.69) is 26.2 Å². The van der Waals surface area contributed by atoms with Gasteiger partial charge in [0.15, 0.2) is 5.82 Å². The number of amides is 2. The van der Waals surface area contributed by atoms with Crippen LogP contribution in [-0.4, -0.2) is 34.8 Å². The zero-order valence-corrected chi connectivity index (χ0v) is 14.8. The molecule has 1 aliphatic heterocycles. The van der Waals surface area contributed by atoms with Crippen LogP contribution in [0.3, 0.4) is 0 Å². The van der Waals surface area contributed by atoms with Gasteiger partial charge in [-0.1, -0.05) is 15.9 Å². The number of nitrogens with zero attached hydrogens (tertiary/aromatic N) is 2. The molecule has 0 atom stereocenters. The minimum absolute atomic E-state index is 0.0464. The highest BCUT2D eigenvalue weighted by Crippen LogP contribution is 2.52. The minimum atomic E-state index is -0.602. The molecule has 0 saturated heterocycles. The van der Waals surface area contributed by atoms with E-state index in [0.717, 1.165) is 29.1 Å². The van der Waals surface area contributed by atoms with Crippen molar-refractivity contribution in [2.24, 2.45) is 0 Å². The Hall–Kier alpha value is -2.28. The van der Waals surface area contributed by atoms with Gasteiger partial charge in [-0.2, -0.15) is 0 Å². The molecule has 2 amide bonds. The monoisotopic (exact) mass is 403 g/mol. The van der Waals surface area contributed by atoms with Crippen LogP contribution in [0.15, 0.2) is 41.1 Å². The summed E-state index contributed by atoms with van der Waals surface area (Å²) in [6, 6.07) is 7.03. The fourth-order valence-electron chi connectivity index (χ4n) is 3.38. The van der Waals surface area contributed by atoms with Gasteiger partial charge in [0.1, 0.15) is 6.54 Å². The Morgan fingerprint density at radius 1 is 1.36 bits per heavy atom. The standard InChI is InChI=1S/C18H15BrFN3O2/c19-11-1-2-12-13(7-11)18(4-5-18)10-23(17(12)25)9-16(24)22-15-3-6-21-8-14(15)20/h1-3,6-8H,4-5,9-10H2,(H,21,22,24). The van der Waals surface area contributed by atoms with Gasteiger partial charge < -0.3 is 10.2 Å². The van der Waals surface area contributed by atoms with Crippen LogP contribution in [0.4, 0.5) is 10.1 Å². The summed E-state index contributed by atoms with van der Waals surface area (Å²) in [7, 11) is 0. The van der Waals surface area contributed by atoms with Gasteiger partial charge >= 0.3 is 0 Å². The van der Waals surface area contributed by atoms with Crippen molar-refractivity contribution in [3.8, 4) is 0 Å². The molecular formula is C18H15BrFN3O2. The number of carbonyl (C=O) groups excluding carboxylic acids is 2. The second-order valence-electron chi connectivity index (χ2n) is 6.54. The number of nitrogens with one attached hydrogen (secondary N) is 1. The molecular weight excluding hydrogens is 389 g/mol. The summed E-state index contributed by atoms with van der Waals surface area (Å²) in [5.74, 6) is -1.19. The molecule has 1 fully saturated rings. The molecule has 0 radical (unpaired) electrons. The Morgan fingerprint density at radius 2 is 2.16 bits per heavy atom. The smallest absolute Gasteiger partial charge is 0.254 e. The molecule has 0 bridgehead atoms. The first-order chi connectivity index (χ1) is 12.0. The van der Waals surface area contributed by atoms with E-state index >= 15 is 0 Å². The number of anilines is 1. The molecule has 1 aliphatic carbocycles. The number of carbonyl (C=O) groups is 2. The van der Waals surface area contributed by atoms with E-state index in [1.54, 1.807) is 11.0 Å². The molecule has 4 rings (SSSR count). The highest BCUT2D eigenvalue weighted by atomic mass is 79.9. The van der Waals surface area contributed by atoms with E-state index < -0.39 is 11.7 Å². The first-order valence-corrected chi connectivity index (χ1v) is 8.76. The van der Waals surface area contributed by atoms with E-state index in [1.165, 1.54) is 12.3 Å². The maximum absolute atomic E-state index is 13.6. The van der Waals surface area contributed by atoms with Crippen LogP contribution in [0.5, 0.6) is 0 Å². The predicted molar refractivity (Wildman–Crippen MR) is 93.8 cm³/mol. The first kappa shape index (κ1) is 16.2. The molecule has 2 heterocycles. The SMILES string of the molecule is O=C(CN1CC2(CC2)c2cc(Br)ccc2C1=O)Nc1ccncc1F. The van der Waals surface area contributed by atoms with Gasteiger partial charge in [0, 0.05) is 28.2 Å². The van der Waals surface area contributed by atoms with Crippen molar-refractivity contribution >= 4 is 33.4 Å². The van der Waals surface area contributed by atoms with Gasteiger partial charge in [-0.05, 0) is 42.7 Å². The Bertz CT molecular complexity index is 882. The number of fused-ring (bicyclic) bond motifs is 2. The van der Waals surface area contributed by atoms with Crippen LogP contribution in [-0.2, 0) is 10.2 Å². The fourth-order valence-corrected chi connectivity index (χ4v) is 3.74. The zero-order valence-electron chi connectivity index (χ0n) is 13.3. The van der Waals surface area contributed by atoms with Crippen molar-refractivity contribution in [1.29, 1.82) is 0 Å². The Balaban J connectivity index is 1.54. The maximum atomic E-state index is 13.6. The summed E-state index contributed by atoms with van der Waals surface area (Å²) in [4.78, 5) is 30.2. The lowest BCUT2D eigenvalue weighted by atomic mass is 9.86. The highest BCUT2D eigenvalue weighted by Gasteiger charge is 2.51. The predicted octanol–water partition coefficient (Wildman–Crippen LogP) is 3.11. The number of rotatable bonds is 3. The van der Waals surface area contributed by atoms with Crippen LogP contribution in [0.25, 0.3) is 0 Å². The van der Waals surface area contributed by atoms with Gasteiger partial charge in [0.2, 0.25) is 5.91 Å². The summed E-state index contributed by atoms with van der Waals surface area (Å²) in [5, 5.41) is 2.50. The van der Waals surface area contributed by atoms with Gasteiger partial charge in [-0.3, -0.25) is 14.6 Å². The number of halogens is 2. The summed E-state index contributed by atoms with van der Waals surface area (Å²) < 4.78 is 14.6. The Morgan fingerprint density at radius 3 is 2.88 bits per heavy atom. The third kappa shape index (κ3) is 2.93. The molecule has 5 nitrogen and oxygen atoms in total. The van der Waals surface area contributed by atoms with Crippen molar-refractivity contribution in [1.82, 2.24) is 9.88 Å². The molecule has 1 saturated carbocycles. The number of aromatic nitrogens is 1. The molecule has 1 aromatic heterocycles. The lowest BCUT2D eigenvalue weighted by Gasteiger charge is -2.34. The van der Waals surface area contributed by atoms with Crippen molar-refractivity contribution in [3.63, 3.8) is 0 Å². The normalized spacial score (nSPS) is 17.4. The number of benzene rings is 1. The summed E-state index contributed by atoms with van der Waals surface area (Å²) >= 11 is 3.46. The largest absolute Gasteiger partial charge is 0.328 e. The lowest BCUT2D eigenvalue weighted by molar-refractivity contribution is -0.117. The van der Waals surface area contributed by atoms with Gasteiger partial charge in [-0.25, -0.2) is 4.39 Å². The van der Waals surface area contributed by atoms with E-state index in [9.17, 15) is 14.0 Å². The van der Waals surface area contributed by atoms with Gasteiger partial charge in [0.05, 0.1) is 11.9 Å².